The summed E-state index contributed by atoms with van der Waals surface area (Å²) in [6.45, 7) is 0.380. The fourth-order valence-corrected chi connectivity index (χ4v) is 3.19. The minimum Gasteiger partial charge on any atom is -0.458 e. The van der Waals surface area contributed by atoms with Gasteiger partial charge < -0.3 is 14.5 Å². The molecule has 0 spiro atoms. The van der Waals surface area contributed by atoms with Gasteiger partial charge in [0.1, 0.15) is 17.4 Å². The number of rotatable bonds is 7. The zero-order chi connectivity index (χ0) is 17.6. The van der Waals surface area contributed by atoms with Crippen LogP contribution in [-0.4, -0.2) is 19.6 Å². The van der Waals surface area contributed by atoms with Gasteiger partial charge in [-0.25, -0.2) is 0 Å². The Morgan fingerprint density at radius 2 is 1.96 bits per heavy atom. The molecule has 1 atom stereocenters. The van der Waals surface area contributed by atoms with Gasteiger partial charge in [0.15, 0.2) is 0 Å². The molecule has 1 amide bonds. The highest BCUT2D eigenvalue weighted by molar-refractivity contribution is 9.10. The number of para-hydroxylation sites is 1. The average Bonchev–Trinajstić information content (AvgIpc) is 3.05. The summed E-state index contributed by atoms with van der Waals surface area (Å²) in [6, 6.07) is 17.7. The Labute approximate surface area is 155 Å². The molecule has 0 radical (unpaired) electrons. The highest BCUT2D eigenvalue weighted by atomic mass is 79.9. The van der Waals surface area contributed by atoms with E-state index < -0.39 is 0 Å². The molecule has 130 valence electrons. The maximum absolute atomic E-state index is 12.1. The monoisotopic (exact) mass is 401 g/mol. The van der Waals surface area contributed by atoms with Crippen molar-refractivity contribution >= 4 is 32.8 Å². The summed E-state index contributed by atoms with van der Waals surface area (Å²) < 4.78 is 12.3. The van der Waals surface area contributed by atoms with Gasteiger partial charge in [0, 0.05) is 23.4 Å². The van der Waals surface area contributed by atoms with Crippen LogP contribution in [0.1, 0.15) is 23.8 Å². The second-order valence-electron chi connectivity index (χ2n) is 5.81. The lowest BCUT2D eigenvalue weighted by Gasteiger charge is -2.14. The number of hydrogen-bond donors (Lipinski definition) is 1. The van der Waals surface area contributed by atoms with Crippen LogP contribution in [0, 0.1) is 0 Å². The molecule has 0 aliphatic heterocycles. The SMILES string of the molecule is COC(CNC(=O)CCc1ccccc1Br)c1cc2ccccc2o1. The normalized spacial score (nSPS) is 12.2. The van der Waals surface area contributed by atoms with Gasteiger partial charge in [-0.15, -0.1) is 0 Å². The fraction of sp³-hybridized carbons (Fsp3) is 0.250. The van der Waals surface area contributed by atoms with Crippen molar-refractivity contribution in [1.29, 1.82) is 0 Å². The lowest BCUT2D eigenvalue weighted by molar-refractivity contribution is -0.121. The number of amides is 1. The Balaban J connectivity index is 1.55. The second-order valence-corrected chi connectivity index (χ2v) is 6.66. The molecule has 1 N–H and O–H groups in total. The van der Waals surface area contributed by atoms with Crippen LogP contribution in [0.2, 0.25) is 0 Å². The summed E-state index contributed by atoms with van der Waals surface area (Å²) >= 11 is 3.50. The first-order chi connectivity index (χ1) is 12.2. The van der Waals surface area contributed by atoms with Gasteiger partial charge in [-0.05, 0) is 30.2 Å². The van der Waals surface area contributed by atoms with Gasteiger partial charge in [0.25, 0.3) is 0 Å². The molecular weight excluding hydrogens is 382 g/mol. The quantitative estimate of drug-likeness (QED) is 0.627. The third kappa shape index (κ3) is 4.50. The highest BCUT2D eigenvalue weighted by Gasteiger charge is 2.17. The number of carbonyl (C=O) groups is 1. The summed E-state index contributed by atoms with van der Waals surface area (Å²) in [5.74, 6) is 0.712. The molecule has 0 fully saturated rings. The number of furan rings is 1. The van der Waals surface area contributed by atoms with Crippen molar-refractivity contribution in [2.75, 3.05) is 13.7 Å². The number of hydrogen-bond acceptors (Lipinski definition) is 3. The Morgan fingerprint density at radius 1 is 1.20 bits per heavy atom. The van der Waals surface area contributed by atoms with Gasteiger partial charge in [-0.2, -0.15) is 0 Å². The predicted octanol–water partition coefficient (Wildman–Crippen LogP) is 4.63. The van der Waals surface area contributed by atoms with Gasteiger partial charge in [-0.3, -0.25) is 4.79 Å². The van der Waals surface area contributed by atoms with Gasteiger partial charge in [0.05, 0.1) is 6.54 Å². The molecule has 0 aliphatic carbocycles. The van der Waals surface area contributed by atoms with E-state index in [0.717, 1.165) is 26.8 Å². The number of carbonyl (C=O) groups excluding carboxylic acids is 1. The number of methoxy groups -OCH3 is 1. The van der Waals surface area contributed by atoms with E-state index in [1.54, 1.807) is 7.11 Å². The number of fused-ring (bicyclic) bond motifs is 1. The summed E-state index contributed by atoms with van der Waals surface area (Å²) in [6.07, 6.45) is 0.814. The molecule has 3 aromatic rings. The zero-order valence-corrected chi connectivity index (χ0v) is 15.6. The molecule has 3 rings (SSSR count). The third-order valence-corrected chi connectivity index (χ3v) is 4.88. The van der Waals surface area contributed by atoms with E-state index in [4.69, 9.17) is 9.15 Å². The first kappa shape index (κ1) is 17.7. The maximum Gasteiger partial charge on any atom is 0.220 e. The maximum atomic E-state index is 12.1. The molecule has 4 nitrogen and oxygen atoms in total. The summed E-state index contributed by atoms with van der Waals surface area (Å²) in [7, 11) is 1.62. The highest BCUT2D eigenvalue weighted by Crippen LogP contribution is 2.25. The van der Waals surface area contributed by atoms with E-state index in [2.05, 4.69) is 21.2 Å². The number of nitrogens with one attached hydrogen (secondary N) is 1. The van der Waals surface area contributed by atoms with Crippen molar-refractivity contribution in [1.82, 2.24) is 5.32 Å². The summed E-state index contributed by atoms with van der Waals surface area (Å²) in [5, 5.41) is 3.95. The van der Waals surface area contributed by atoms with Crippen LogP contribution in [0.5, 0.6) is 0 Å². The van der Waals surface area contributed by atoms with Crippen LogP contribution >= 0.6 is 15.9 Å². The van der Waals surface area contributed by atoms with Crippen molar-refractivity contribution in [2.24, 2.45) is 0 Å². The van der Waals surface area contributed by atoms with E-state index in [1.807, 2.05) is 54.6 Å². The lowest BCUT2D eigenvalue weighted by atomic mass is 10.1. The van der Waals surface area contributed by atoms with Crippen molar-refractivity contribution in [3.05, 3.63) is 70.4 Å². The first-order valence-corrected chi connectivity index (χ1v) is 8.98. The number of halogens is 1. The van der Waals surface area contributed by atoms with E-state index in [1.165, 1.54) is 0 Å². The molecule has 1 heterocycles. The third-order valence-electron chi connectivity index (χ3n) is 4.11. The second kappa shape index (κ2) is 8.32. The predicted molar refractivity (Wildman–Crippen MR) is 101 cm³/mol. The van der Waals surface area contributed by atoms with Crippen LogP contribution in [0.3, 0.4) is 0 Å². The molecule has 2 aromatic carbocycles. The van der Waals surface area contributed by atoms with Crippen molar-refractivity contribution < 1.29 is 13.9 Å². The molecule has 1 unspecified atom stereocenters. The van der Waals surface area contributed by atoms with Crippen LogP contribution < -0.4 is 5.32 Å². The van der Waals surface area contributed by atoms with E-state index >= 15 is 0 Å². The Morgan fingerprint density at radius 3 is 2.72 bits per heavy atom. The standard InChI is InChI=1S/C20H20BrNO3/c1-24-19(18-12-15-7-3-5-9-17(15)25-18)13-22-20(23)11-10-14-6-2-4-8-16(14)21/h2-9,12,19H,10-11,13H2,1H3,(H,22,23). The number of aryl methyl sites for hydroxylation is 1. The number of benzene rings is 2. The Hall–Kier alpha value is -2.11. The molecule has 0 saturated carbocycles. The van der Waals surface area contributed by atoms with E-state index in [-0.39, 0.29) is 12.0 Å². The average molecular weight is 402 g/mol. The summed E-state index contributed by atoms with van der Waals surface area (Å²) in [5.41, 5.74) is 1.94. The minimum absolute atomic E-state index is 0.00564. The molecular formula is C20H20BrNO3. The van der Waals surface area contributed by atoms with Gasteiger partial charge in [-0.1, -0.05) is 52.3 Å². The molecule has 5 heteroatoms. The molecule has 1 aromatic heterocycles. The zero-order valence-electron chi connectivity index (χ0n) is 14.0. The number of ether oxygens (including phenoxy) is 1. The smallest absolute Gasteiger partial charge is 0.220 e. The molecule has 0 bridgehead atoms. The Bertz CT molecular complexity index is 826. The van der Waals surface area contributed by atoms with Crippen molar-refractivity contribution in [3.8, 4) is 0 Å². The van der Waals surface area contributed by atoms with Crippen molar-refractivity contribution in [3.63, 3.8) is 0 Å². The van der Waals surface area contributed by atoms with Gasteiger partial charge >= 0.3 is 0 Å². The van der Waals surface area contributed by atoms with Crippen LogP contribution in [0.25, 0.3) is 11.0 Å². The van der Waals surface area contributed by atoms with E-state index in [0.29, 0.717) is 19.4 Å². The first-order valence-electron chi connectivity index (χ1n) is 8.18. The lowest BCUT2D eigenvalue weighted by Crippen LogP contribution is -2.29. The van der Waals surface area contributed by atoms with Crippen molar-refractivity contribution in [2.45, 2.75) is 18.9 Å². The van der Waals surface area contributed by atoms with Crippen LogP contribution in [0.4, 0.5) is 0 Å². The van der Waals surface area contributed by atoms with Gasteiger partial charge in [0.2, 0.25) is 5.91 Å². The van der Waals surface area contributed by atoms with Crippen LogP contribution in [-0.2, 0) is 16.0 Å². The molecule has 0 aliphatic rings. The summed E-state index contributed by atoms with van der Waals surface area (Å²) in [4.78, 5) is 12.1. The molecule has 25 heavy (non-hydrogen) atoms. The molecule has 0 saturated heterocycles. The Kier molecular flexibility index (Phi) is 5.89. The largest absolute Gasteiger partial charge is 0.458 e. The van der Waals surface area contributed by atoms with Crippen LogP contribution in [0.15, 0.2) is 63.5 Å². The fourth-order valence-electron chi connectivity index (χ4n) is 2.71. The van der Waals surface area contributed by atoms with E-state index in [9.17, 15) is 4.79 Å². The minimum atomic E-state index is -0.306. The topological polar surface area (TPSA) is 51.5 Å².